The Labute approximate surface area is 124 Å². The van der Waals surface area contributed by atoms with Crippen LogP contribution in [0.2, 0.25) is 5.02 Å². The van der Waals surface area contributed by atoms with Crippen LogP contribution in [0.3, 0.4) is 0 Å². The third-order valence-corrected chi connectivity index (χ3v) is 2.81. The van der Waals surface area contributed by atoms with Gasteiger partial charge in [-0.3, -0.25) is 10.1 Å². The number of carbonyl (C=O) groups is 1. The Morgan fingerprint density at radius 1 is 1.24 bits per heavy atom. The second-order valence-corrected chi connectivity index (χ2v) is 4.38. The smallest absolute Gasteiger partial charge is 0.350 e. The highest BCUT2D eigenvalue weighted by Gasteiger charge is 2.22. The number of nitriles is 1. The quantitative estimate of drug-likeness (QED) is 0.375. The number of ether oxygens (including phenoxy) is 1. The van der Waals surface area contributed by atoms with Gasteiger partial charge in [0.05, 0.1) is 16.6 Å². The van der Waals surface area contributed by atoms with E-state index in [0.717, 1.165) is 6.07 Å². The van der Waals surface area contributed by atoms with E-state index in [1.165, 1.54) is 36.4 Å². The average molecular weight is 303 g/mol. The number of nitro groups is 1. The number of hydrogen-bond acceptors (Lipinski definition) is 5. The van der Waals surface area contributed by atoms with Crippen molar-refractivity contribution in [3.05, 3.63) is 68.7 Å². The number of hydrogen-bond donors (Lipinski definition) is 0. The number of nitrogens with zero attached hydrogens (tertiary/aromatic N) is 2. The average Bonchev–Trinajstić information content (AvgIpc) is 2.47. The molecule has 21 heavy (non-hydrogen) atoms. The van der Waals surface area contributed by atoms with E-state index in [-0.39, 0.29) is 16.3 Å². The lowest BCUT2D eigenvalue weighted by molar-refractivity contribution is -0.385. The lowest BCUT2D eigenvalue weighted by atomic mass is 10.2. The van der Waals surface area contributed by atoms with Crippen LogP contribution in [0.15, 0.2) is 42.5 Å². The van der Waals surface area contributed by atoms with Gasteiger partial charge in [0, 0.05) is 11.1 Å². The van der Waals surface area contributed by atoms with Crippen LogP contribution in [-0.4, -0.2) is 10.9 Å². The molecule has 2 aromatic carbocycles. The summed E-state index contributed by atoms with van der Waals surface area (Å²) in [6.07, 6.45) is 0. The molecule has 0 radical (unpaired) electrons. The van der Waals surface area contributed by atoms with Crippen molar-refractivity contribution in [2.24, 2.45) is 0 Å². The van der Waals surface area contributed by atoms with E-state index >= 15 is 0 Å². The lowest BCUT2D eigenvalue weighted by Gasteiger charge is -2.05. The third kappa shape index (κ3) is 3.35. The number of benzene rings is 2. The van der Waals surface area contributed by atoms with E-state index in [0.29, 0.717) is 5.56 Å². The van der Waals surface area contributed by atoms with Crippen molar-refractivity contribution >= 4 is 23.3 Å². The molecular weight excluding hydrogens is 296 g/mol. The highest BCUT2D eigenvalue weighted by Crippen LogP contribution is 2.24. The highest BCUT2D eigenvalue weighted by atomic mass is 35.5. The fraction of sp³-hybridized carbons (Fsp3) is 0. The molecule has 0 heterocycles. The second-order valence-electron chi connectivity index (χ2n) is 3.94. The maximum atomic E-state index is 12.0. The maximum Gasteiger partial charge on any atom is 0.350 e. The minimum atomic E-state index is -0.872. The molecule has 0 aliphatic heterocycles. The lowest BCUT2D eigenvalue weighted by Crippen LogP contribution is -2.11. The summed E-state index contributed by atoms with van der Waals surface area (Å²) in [5.74, 6) is -0.689. The van der Waals surface area contributed by atoms with Crippen LogP contribution < -0.4 is 4.74 Å². The maximum absolute atomic E-state index is 12.0. The van der Waals surface area contributed by atoms with Gasteiger partial charge in [-0.15, -0.1) is 0 Å². The van der Waals surface area contributed by atoms with Gasteiger partial charge in [0.15, 0.2) is 0 Å². The van der Waals surface area contributed by atoms with Crippen molar-refractivity contribution < 1.29 is 14.5 Å². The van der Waals surface area contributed by atoms with Gasteiger partial charge in [-0.2, -0.15) is 5.26 Å². The summed E-state index contributed by atoms with van der Waals surface area (Å²) in [6, 6.07) is 11.4. The van der Waals surface area contributed by atoms with Crippen LogP contribution in [0, 0.1) is 21.4 Å². The minimum absolute atomic E-state index is 0.150. The molecule has 0 amide bonds. The van der Waals surface area contributed by atoms with Crippen molar-refractivity contribution in [3.8, 4) is 11.8 Å². The summed E-state index contributed by atoms with van der Waals surface area (Å²) in [5.41, 5.74) is -0.220. The zero-order valence-electron chi connectivity index (χ0n) is 10.4. The molecule has 0 N–H and O–H groups in total. The van der Waals surface area contributed by atoms with Gasteiger partial charge in [-0.1, -0.05) is 11.6 Å². The molecule has 0 atom stereocenters. The van der Waals surface area contributed by atoms with Crippen LogP contribution in [0.4, 0.5) is 5.69 Å². The van der Waals surface area contributed by atoms with Crippen molar-refractivity contribution in [1.29, 1.82) is 5.26 Å². The van der Waals surface area contributed by atoms with E-state index < -0.39 is 16.6 Å². The Balaban J connectivity index is 2.28. The number of nitro benzene ring substituents is 1. The number of esters is 1. The molecule has 0 aliphatic carbocycles. The van der Waals surface area contributed by atoms with E-state index in [1.54, 1.807) is 0 Å². The third-order valence-electron chi connectivity index (χ3n) is 2.57. The fourth-order valence-electron chi connectivity index (χ4n) is 1.59. The predicted molar refractivity (Wildman–Crippen MR) is 74.2 cm³/mol. The molecule has 0 fully saturated rings. The molecule has 0 aromatic heterocycles. The van der Waals surface area contributed by atoms with Gasteiger partial charge < -0.3 is 4.74 Å². The molecule has 0 saturated carbocycles. The van der Waals surface area contributed by atoms with Crippen molar-refractivity contribution in [3.63, 3.8) is 0 Å². The summed E-state index contributed by atoms with van der Waals surface area (Å²) in [6.45, 7) is 0. The first-order valence-corrected chi connectivity index (χ1v) is 6.05. The first-order valence-electron chi connectivity index (χ1n) is 5.67. The van der Waals surface area contributed by atoms with Crippen LogP contribution >= 0.6 is 11.6 Å². The Hall–Kier alpha value is -2.91. The van der Waals surface area contributed by atoms with Crippen LogP contribution in [0.25, 0.3) is 0 Å². The van der Waals surface area contributed by atoms with E-state index in [1.807, 2.05) is 6.07 Å². The van der Waals surface area contributed by atoms with Gasteiger partial charge in [-0.05, 0) is 36.4 Å². The molecule has 0 bridgehead atoms. The van der Waals surface area contributed by atoms with Gasteiger partial charge in [0.2, 0.25) is 0 Å². The summed E-state index contributed by atoms with van der Waals surface area (Å²) in [7, 11) is 0. The predicted octanol–water partition coefficient (Wildman–Crippen LogP) is 3.34. The summed E-state index contributed by atoms with van der Waals surface area (Å²) >= 11 is 5.67. The zero-order valence-corrected chi connectivity index (χ0v) is 11.2. The van der Waals surface area contributed by atoms with Crippen LogP contribution in [0.1, 0.15) is 15.9 Å². The highest BCUT2D eigenvalue weighted by molar-refractivity contribution is 6.31. The Morgan fingerprint density at radius 3 is 2.48 bits per heavy atom. The van der Waals surface area contributed by atoms with Gasteiger partial charge in [0.25, 0.3) is 5.69 Å². The molecule has 6 nitrogen and oxygen atoms in total. The Morgan fingerprint density at radius 2 is 1.90 bits per heavy atom. The number of carbonyl (C=O) groups excluding carboxylic acids is 1. The van der Waals surface area contributed by atoms with Crippen molar-refractivity contribution in [2.75, 3.05) is 0 Å². The molecule has 104 valence electrons. The molecule has 0 saturated heterocycles. The zero-order chi connectivity index (χ0) is 15.4. The van der Waals surface area contributed by atoms with Crippen molar-refractivity contribution in [1.82, 2.24) is 0 Å². The van der Waals surface area contributed by atoms with Crippen LogP contribution in [-0.2, 0) is 0 Å². The number of rotatable bonds is 3. The topological polar surface area (TPSA) is 93.2 Å². The first kappa shape index (κ1) is 14.5. The molecule has 2 aromatic rings. The van der Waals surface area contributed by atoms with E-state index in [9.17, 15) is 14.9 Å². The largest absolute Gasteiger partial charge is 0.423 e. The Bertz CT molecular complexity index is 751. The monoisotopic (exact) mass is 302 g/mol. The molecule has 7 heteroatoms. The van der Waals surface area contributed by atoms with Crippen LogP contribution in [0.5, 0.6) is 5.75 Å². The summed E-state index contributed by atoms with van der Waals surface area (Å²) in [5, 5.41) is 19.7. The molecular formula is C14H7ClN2O4. The van der Waals surface area contributed by atoms with Gasteiger partial charge in [-0.25, -0.2) is 4.79 Å². The Kier molecular flexibility index (Phi) is 4.16. The summed E-state index contributed by atoms with van der Waals surface area (Å²) < 4.78 is 5.03. The summed E-state index contributed by atoms with van der Waals surface area (Å²) in [4.78, 5) is 22.2. The molecule has 0 spiro atoms. The van der Waals surface area contributed by atoms with E-state index in [4.69, 9.17) is 21.6 Å². The SMILES string of the molecule is N#Cc1ccc(OC(=O)c2ccc(Cl)cc2[N+](=O)[O-])cc1. The van der Waals surface area contributed by atoms with Gasteiger partial charge >= 0.3 is 5.97 Å². The molecule has 0 unspecified atom stereocenters. The minimum Gasteiger partial charge on any atom is -0.423 e. The standard InChI is InChI=1S/C14H7ClN2O4/c15-10-3-6-12(13(7-10)17(19)20)14(18)21-11-4-1-9(8-16)2-5-11/h1-7H. The van der Waals surface area contributed by atoms with Crippen molar-refractivity contribution in [2.45, 2.75) is 0 Å². The fourth-order valence-corrected chi connectivity index (χ4v) is 1.75. The normalized spacial score (nSPS) is 9.71. The molecule has 2 rings (SSSR count). The number of halogens is 1. The second kappa shape index (κ2) is 6.03. The molecule has 0 aliphatic rings. The first-order chi connectivity index (χ1) is 10.0. The van der Waals surface area contributed by atoms with Gasteiger partial charge in [0.1, 0.15) is 11.3 Å². The van der Waals surface area contributed by atoms with E-state index in [2.05, 4.69) is 0 Å².